The number of hydrogen-bond donors (Lipinski definition) is 2. The van der Waals surface area contributed by atoms with Gasteiger partial charge in [-0.25, -0.2) is 4.98 Å². The Balaban J connectivity index is 2.56. The molecule has 0 radical (unpaired) electrons. The fourth-order valence-corrected chi connectivity index (χ4v) is 1.43. The van der Waals surface area contributed by atoms with Gasteiger partial charge in [0.25, 0.3) is 0 Å². The second-order valence-electron chi connectivity index (χ2n) is 4.40. The number of carboxylic acid groups (broad SMARTS) is 1. The lowest BCUT2D eigenvalue weighted by Gasteiger charge is -2.03. The predicted octanol–water partition coefficient (Wildman–Crippen LogP) is 1.87. The van der Waals surface area contributed by atoms with Gasteiger partial charge in [-0.15, -0.1) is 0 Å². The predicted molar refractivity (Wildman–Crippen MR) is 57.6 cm³/mol. The topological polar surface area (TPSA) is 66.0 Å². The molecule has 0 saturated carbocycles. The van der Waals surface area contributed by atoms with Crippen molar-refractivity contribution in [2.45, 2.75) is 33.6 Å². The van der Waals surface area contributed by atoms with E-state index in [1.807, 2.05) is 0 Å². The van der Waals surface area contributed by atoms with Crippen molar-refractivity contribution < 1.29 is 9.90 Å². The Morgan fingerprint density at radius 1 is 1.47 bits per heavy atom. The molecule has 1 heterocycles. The summed E-state index contributed by atoms with van der Waals surface area (Å²) in [5, 5.41) is 8.75. The zero-order chi connectivity index (χ0) is 11.4. The highest BCUT2D eigenvalue weighted by atomic mass is 16.4. The van der Waals surface area contributed by atoms with Crippen LogP contribution in [0.1, 0.15) is 32.3 Å². The fourth-order valence-electron chi connectivity index (χ4n) is 1.43. The average Bonchev–Trinajstić information content (AvgIpc) is 2.51. The number of carbonyl (C=O) groups is 1. The zero-order valence-corrected chi connectivity index (χ0v) is 9.45. The number of H-pyrrole nitrogens is 1. The Kier molecular flexibility index (Phi) is 3.88. The molecule has 0 fully saturated rings. The maximum Gasteiger partial charge on any atom is 0.306 e. The van der Waals surface area contributed by atoms with Gasteiger partial charge in [0.2, 0.25) is 0 Å². The van der Waals surface area contributed by atoms with Gasteiger partial charge in [-0.05, 0) is 12.3 Å². The molecule has 0 aromatic carbocycles. The van der Waals surface area contributed by atoms with Gasteiger partial charge in [0.05, 0.1) is 5.92 Å². The van der Waals surface area contributed by atoms with E-state index in [2.05, 4.69) is 23.8 Å². The molecule has 15 heavy (non-hydrogen) atoms. The highest BCUT2D eigenvalue weighted by molar-refractivity contribution is 5.69. The van der Waals surface area contributed by atoms with Crippen LogP contribution in [0.5, 0.6) is 0 Å². The van der Waals surface area contributed by atoms with E-state index in [1.165, 1.54) is 0 Å². The number of hydrogen-bond acceptors (Lipinski definition) is 2. The van der Waals surface area contributed by atoms with Crippen LogP contribution in [0.2, 0.25) is 0 Å². The molecule has 1 unspecified atom stereocenters. The molecular weight excluding hydrogens is 192 g/mol. The average molecular weight is 210 g/mol. The molecular formula is C11H18N2O2. The highest BCUT2D eigenvalue weighted by Crippen LogP contribution is 2.09. The van der Waals surface area contributed by atoms with Gasteiger partial charge >= 0.3 is 5.97 Å². The van der Waals surface area contributed by atoms with Crippen LogP contribution < -0.4 is 0 Å². The minimum atomic E-state index is -0.781. The summed E-state index contributed by atoms with van der Waals surface area (Å²) < 4.78 is 0. The van der Waals surface area contributed by atoms with Crippen LogP contribution in [0.15, 0.2) is 6.20 Å². The molecule has 0 aliphatic carbocycles. The van der Waals surface area contributed by atoms with Crippen molar-refractivity contribution in [3.63, 3.8) is 0 Å². The van der Waals surface area contributed by atoms with Crippen LogP contribution in [0.4, 0.5) is 0 Å². The number of nitrogens with one attached hydrogen (secondary N) is 1. The van der Waals surface area contributed by atoms with Crippen LogP contribution >= 0.6 is 0 Å². The third kappa shape index (κ3) is 3.73. The molecule has 1 aromatic rings. The number of nitrogens with zero attached hydrogens (tertiary/aromatic N) is 1. The summed E-state index contributed by atoms with van der Waals surface area (Å²) in [6.07, 6.45) is 3.21. The molecule has 0 amide bonds. The van der Waals surface area contributed by atoms with Gasteiger partial charge < -0.3 is 10.1 Å². The monoisotopic (exact) mass is 210 g/mol. The lowest BCUT2D eigenvalue weighted by Crippen LogP contribution is -2.13. The van der Waals surface area contributed by atoms with Gasteiger partial charge in [0.15, 0.2) is 0 Å². The van der Waals surface area contributed by atoms with Crippen molar-refractivity contribution in [1.82, 2.24) is 9.97 Å². The smallest absolute Gasteiger partial charge is 0.306 e. The number of aromatic amines is 1. The van der Waals surface area contributed by atoms with Crippen LogP contribution in [0.3, 0.4) is 0 Å². The maximum atomic E-state index is 10.6. The van der Waals surface area contributed by atoms with Gasteiger partial charge in [-0.1, -0.05) is 20.8 Å². The molecule has 0 saturated heterocycles. The minimum absolute atomic E-state index is 0.386. The third-order valence-electron chi connectivity index (χ3n) is 2.23. The first-order chi connectivity index (χ1) is 6.99. The lowest BCUT2D eigenvalue weighted by atomic mass is 10.1. The molecule has 4 nitrogen and oxygen atoms in total. The van der Waals surface area contributed by atoms with E-state index in [1.54, 1.807) is 13.1 Å². The summed E-state index contributed by atoms with van der Waals surface area (Å²) in [7, 11) is 0. The molecule has 0 aliphatic heterocycles. The second kappa shape index (κ2) is 4.96. The molecule has 1 rings (SSSR count). The molecule has 0 aliphatic rings. The molecule has 4 heteroatoms. The summed E-state index contributed by atoms with van der Waals surface area (Å²) in [6.45, 7) is 5.97. The van der Waals surface area contributed by atoms with E-state index < -0.39 is 5.97 Å². The van der Waals surface area contributed by atoms with Gasteiger partial charge in [0, 0.05) is 18.3 Å². The van der Waals surface area contributed by atoms with Crippen LogP contribution in [-0.2, 0) is 17.6 Å². The second-order valence-corrected chi connectivity index (χ2v) is 4.40. The molecule has 1 aromatic heterocycles. The van der Waals surface area contributed by atoms with Crippen molar-refractivity contribution in [2.75, 3.05) is 0 Å². The van der Waals surface area contributed by atoms with Gasteiger partial charge in [-0.3, -0.25) is 4.79 Å². The SMILES string of the molecule is CC(C)Cc1cnc(CC(C)C(=O)O)[nH]1. The van der Waals surface area contributed by atoms with Crippen molar-refractivity contribution in [2.24, 2.45) is 11.8 Å². The van der Waals surface area contributed by atoms with E-state index in [0.717, 1.165) is 17.9 Å². The molecule has 2 N–H and O–H groups in total. The van der Waals surface area contributed by atoms with Crippen LogP contribution in [0.25, 0.3) is 0 Å². The van der Waals surface area contributed by atoms with E-state index in [-0.39, 0.29) is 5.92 Å². The number of aromatic nitrogens is 2. The zero-order valence-electron chi connectivity index (χ0n) is 9.45. The normalized spacial score (nSPS) is 13.1. The minimum Gasteiger partial charge on any atom is -0.481 e. The molecule has 0 spiro atoms. The summed E-state index contributed by atoms with van der Waals surface area (Å²) in [5.41, 5.74) is 1.08. The highest BCUT2D eigenvalue weighted by Gasteiger charge is 2.13. The quantitative estimate of drug-likeness (QED) is 0.779. The largest absolute Gasteiger partial charge is 0.481 e. The van der Waals surface area contributed by atoms with Crippen LogP contribution in [-0.4, -0.2) is 21.0 Å². The Hall–Kier alpha value is -1.32. The van der Waals surface area contributed by atoms with Crippen molar-refractivity contribution in [3.8, 4) is 0 Å². The first-order valence-electron chi connectivity index (χ1n) is 5.24. The molecule has 1 atom stereocenters. The molecule has 0 bridgehead atoms. The van der Waals surface area contributed by atoms with E-state index in [9.17, 15) is 4.79 Å². The first-order valence-corrected chi connectivity index (χ1v) is 5.24. The van der Waals surface area contributed by atoms with Crippen molar-refractivity contribution in [1.29, 1.82) is 0 Å². The van der Waals surface area contributed by atoms with Gasteiger partial charge in [-0.2, -0.15) is 0 Å². The number of imidazole rings is 1. The Morgan fingerprint density at radius 3 is 2.67 bits per heavy atom. The summed E-state index contributed by atoms with van der Waals surface area (Å²) in [4.78, 5) is 18.0. The Morgan fingerprint density at radius 2 is 2.13 bits per heavy atom. The number of carboxylic acids is 1. The molecule has 84 valence electrons. The van der Waals surface area contributed by atoms with Crippen molar-refractivity contribution >= 4 is 5.97 Å². The fraction of sp³-hybridized carbons (Fsp3) is 0.636. The standard InChI is InChI=1S/C11H18N2O2/c1-7(2)4-9-6-12-10(13-9)5-8(3)11(14)15/h6-8H,4-5H2,1-3H3,(H,12,13)(H,14,15). The van der Waals surface area contributed by atoms with Crippen LogP contribution in [0, 0.1) is 11.8 Å². The maximum absolute atomic E-state index is 10.6. The summed E-state index contributed by atoms with van der Waals surface area (Å²) in [6, 6.07) is 0. The lowest BCUT2D eigenvalue weighted by molar-refractivity contribution is -0.141. The third-order valence-corrected chi connectivity index (χ3v) is 2.23. The summed E-state index contributed by atoms with van der Waals surface area (Å²) in [5.74, 6) is 0.176. The number of aliphatic carboxylic acids is 1. The van der Waals surface area contributed by atoms with E-state index in [4.69, 9.17) is 5.11 Å². The van der Waals surface area contributed by atoms with E-state index in [0.29, 0.717) is 12.3 Å². The van der Waals surface area contributed by atoms with Gasteiger partial charge in [0.1, 0.15) is 5.82 Å². The van der Waals surface area contributed by atoms with E-state index >= 15 is 0 Å². The Labute approximate surface area is 89.7 Å². The number of rotatable bonds is 5. The Bertz CT molecular complexity index is 331. The summed E-state index contributed by atoms with van der Waals surface area (Å²) >= 11 is 0. The van der Waals surface area contributed by atoms with Crippen molar-refractivity contribution in [3.05, 3.63) is 17.7 Å². The first kappa shape index (κ1) is 11.8.